The van der Waals surface area contributed by atoms with Crippen molar-refractivity contribution in [2.24, 2.45) is 0 Å². The molecule has 0 unspecified atom stereocenters. The number of benzene rings is 1. The number of carbonyl (C=O) groups excluding carboxylic acids is 1. The first-order valence-electron chi connectivity index (χ1n) is 7.57. The minimum absolute atomic E-state index is 0.152. The van der Waals surface area contributed by atoms with Crippen LogP contribution in [0.4, 0.5) is 5.69 Å². The third kappa shape index (κ3) is 5.30. The fraction of sp³-hybridized carbons (Fsp3) is 0.562. The number of halogens is 1. The Morgan fingerprint density at radius 1 is 1.19 bits per heavy atom. The van der Waals surface area contributed by atoms with Gasteiger partial charge in [0.05, 0.1) is 22.9 Å². The summed E-state index contributed by atoms with van der Waals surface area (Å²) in [6, 6.07) is 7.14. The van der Waals surface area contributed by atoms with Crippen molar-refractivity contribution >= 4 is 23.2 Å². The average Bonchev–Trinajstić information content (AvgIpc) is 2.66. The molecular formula is C16H23ClN2O2. The first kappa shape index (κ1) is 16.3. The van der Waals surface area contributed by atoms with Crippen LogP contribution < -0.4 is 10.6 Å². The van der Waals surface area contributed by atoms with Crippen LogP contribution in [0, 0.1) is 0 Å². The lowest BCUT2D eigenvalue weighted by Gasteiger charge is -2.26. The van der Waals surface area contributed by atoms with Crippen LogP contribution >= 0.6 is 11.6 Å². The summed E-state index contributed by atoms with van der Waals surface area (Å²) in [5.74, 6) is -0.152. The van der Waals surface area contributed by atoms with Crippen molar-refractivity contribution < 1.29 is 9.90 Å². The van der Waals surface area contributed by atoms with Gasteiger partial charge in [0.15, 0.2) is 0 Å². The molecule has 116 valence electrons. The Hall–Kier alpha value is -1.10. The zero-order chi connectivity index (χ0) is 15.1. The Kier molecular flexibility index (Phi) is 6.03. The Labute approximate surface area is 130 Å². The van der Waals surface area contributed by atoms with E-state index in [1.807, 2.05) is 12.1 Å². The van der Waals surface area contributed by atoms with Crippen molar-refractivity contribution in [2.45, 2.75) is 44.1 Å². The van der Waals surface area contributed by atoms with Crippen LogP contribution in [0.2, 0.25) is 5.02 Å². The summed E-state index contributed by atoms with van der Waals surface area (Å²) >= 11 is 5.99. The second kappa shape index (κ2) is 7.78. The number of carbonyl (C=O) groups is 1. The van der Waals surface area contributed by atoms with Crippen molar-refractivity contribution in [2.75, 3.05) is 18.4 Å². The lowest BCUT2D eigenvalue weighted by atomic mass is 9.94. The third-order valence-corrected chi connectivity index (χ3v) is 4.25. The monoisotopic (exact) mass is 310 g/mol. The van der Waals surface area contributed by atoms with Gasteiger partial charge in [-0.25, -0.2) is 0 Å². The van der Waals surface area contributed by atoms with Gasteiger partial charge < -0.3 is 15.7 Å². The molecule has 3 N–H and O–H groups in total. The fourth-order valence-electron chi connectivity index (χ4n) is 2.73. The molecule has 1 aliphatic carbocycles. The third-order valence-electron chi connectivity index (χ3n) is 3.92. The van der Waals surface area contributed by atoms with Gasteiger partial charge in [0.1, 0.15) is 0 Å². The number of para-hydroxylation sites is 1. The molecule has 1 aromatic rings. The average molecular weight is 311 g/mol. The van der Waals surface area contributed by atoms with Gasteiger partial charge in [-0.1, -0.05) is 49.4 Å². The number of hydrogen-bond donors (Lipinski definition) is 3. The summed E-state index contributed by atoms with van der Waals surface area (Å²) in [4.78, 5) is 11.9. The number of hydrogen-bond acceptors (Lipinski definition) is 3. The molecule has 1 aliphatic rings. The van der Waals surface area contributed by atoms with E-state index >= 15 is 0 Å². The number of rotatable bonds is 5. The van der Waals surface area contributed by atoms with Crippen LogP contribution in [0.1, 0.15) is 38.5 Å². The quantitative estimate of drug-likeness (QED) is 0.733. The highest BCUT2D eigenvalue weighted by atomic mass is 35.5. The molecule has 1 amide bonds. The number of nitrogens with one attached hydrogen (secondary N) is 2. The SMILES string of the molecule is O=C(CNCC1(O)CCCCCC1)Nc1ccccc1Cl. The molecule has 0 aromatic heterocycles. The van der Waals surface area contributed by atoms with E-state index in [1.165, 1.54) is 12.8 Å². The molecule has 1 aromatic carbocycles. The van der Waals surface area contributed by atoms with E-state index in [2.05, 4.69) is 10.6 Å². The lowest BCUT2D eigenvalue weighted by Crippen LogP contribution is -2.42. The van der Waals surface area contributed by atoms with Crippen molar-refractivity contribution in [3.8, 4) is 0 Å². The predicted octanol–water partition coefficient (Wildman–Crippen LogP) is 2.95. The first-order chi connectivity index (χ1) is 10.1. The Morgan fingerprint density at radius 3 is 2.52 bits per heavy atom. The second-order valence-electron chi connectivity index (χ2n) is 5.77. The Morgan fingerprint density at radius 2 is 1.86 bits per heavy atom. The molecule has 0 spiro atoms. The van der Waals surface area contributed by atoms with Crippen LogP contribution in [0.25, 0.3) is 0 Å². The number of anilines is 1. The minimum Gasteiger partial charge on any atom is -0.389 e. The molecule has 21 heavy (non-hydrogen) atoms. The Bertz CT molecular complexity index is 471. The number of aliphatic hydroxyl groups is 1. The van der Waals surface area contributed by atoms with Crippen LogP contribution in [0.3, 0.4) is 0 Å². The summed E-state index contributed by atoms with van der Waals surface area (Å²) in [7, 11) is 0. The molecule has 0 radical (unpaired) electrons. The zero-order valence-electron chi connectivity index (χ0n) is 12.2. The minimum atomic E-state index is -0.666. The maximum atomic E-state index is 11.9. The van der Waals surface area contributed by atoms with E-state index in [0.717, 1.165) is 25.7 Å². The van der Waals surface area contributed by atoms with Crippen LogP contribution in [0.5, 0.6) is 0 Å². The highest BCUT2D eigenvalue weighted by molar-refractivity contribution is 6.33. The van der Waals surface area contributed by atoms with Crippen molar-refractivity contribution in [1.29, 1.82) is 0 Å². The summed E-state index contributed by atoms with van der Waals surface area (Å²) in [6.45, 7) is 0.635. The first-order valence-corrected chi connectivity index (χ1v) is 7.94. The van der Waals surface area contributed by atoms with Gasteiger partial charge in [0.25, 0.3) is 0 Å². The maximum Gasteiger partial charge on any atom is 0.238 e. The van der Waals surface area contributed by atoms with Gasteiger partial charge in [0.2, 0.25) is 5.91 Å². The Balaban J connectivity index is 1.75. The van der Waals surface area contributed by atoms with Crippen molar-refractivity contribution in [1.82, 2.24) is 5.32 Å². The van der Waals surface area contributed by atoms with Crippen LogP contribution in [-0.2, 0) is 4.79 Å². The summed E-state index contributed by atoms with van der Waals surface area (Å²) < 4.78 is 0. The van der Waals surface area contributed by atoms with E-state index in [4.69, 9.17) is 11.6 Å². The zero-order valence-corrected chi connectivity index (χ0v) is 13.0. The summed E-state index contributed by atoms with van der Waals surface area (Å²) in [6.07, 6.45) is 6.12. The van der Waals surface area contributed by atoms with Gasteiger partial charge in [-0.05, 0) is 25.0 Å². The molecule has 4 nitrogen and oxygen atoms in total. The molecule has 0 saturated heterocycles. The molecule has 2 rings (SSSR count). The van der Waals surface area contributed by atoms with E-state index in [0.29, 0.717) is 17.3 Å². The van der Waals surface area contributed by atoms with Crippen LogP contribution in [-0.4, -0.2) is 29.7 Å². The summed E-state index contributed by atoms with van der Waals surface area (Å²) in [5, 5.41) is 16.8. The molecule has 1 fully saturated rings. The van der Waals surface area contributed by atoms with E-state index in [-0.39, 0.29) is 12.5 Å². The molecule has 0 heterocycles. The maximum absolute atomic E-state index is 11.9. The molecule has 5 heteroatoms. The van der Waals surface area contributed by atoms with Crippen molar-refractivity contribution in [3.63, 3.8) is 0 Å². The molecule has 0 bridgehead atoms. The van der Waals surface area contributed by atoms with Crippen LogP contribution in [0.15, 0.2) is 24.3 Å². The normalized spacial score (nSPS) is 18.0. The van der Waals surface area contributed by atoms with Gasteiger partial charge >= 0.3 is 0 Å². The van der Waals surface area contributed by atoms with Gasteiger partial charge in [0, 0.05) is 6.54 Å². The lowest BCUT2D eigenvalue weighted by molar-refractivity contribution is -0.115. The van der Waals surface area contributed by atoms with Gasteiger partial charge in [-0.2, -0.15) is 0 Å². The smallest absolute Gasteiger partial charge is 0.238 e. The van der Waals surface area contributed by atoms with E-state index < -0.39 is 5.60 Å². The van der Waals surface area contributed by atoms with Gasteiger partial charge in [-0.15, -0.1) is 0 Å². The standard InChI is InChI=1S/C16H23ClN2O2/c17-13-7-3-4-8-14(13)19-15(20)11-18-12-16(21)9-5-1-2-6-10-16/h3-4,7-8,18,21H,1-2,5-6,9-12H2,(H,19,20). The topological polar surface area (TPSA) is 61.4 Å². The van der Waals surface area contributed by atoms with E-state index in [9.17, 15) is 9.90 Å². The van der Waals surface area contributed by atoms with E-state index in [1.54, 1.807) is 12.1 Å². The fourth-order valence-corrected chi connectivity index (χ4v) is 2.91. The summed E-state index contributed by atoms with van der Waals surface area (Å²) in [5.41, 5.74) is -0.0552. The van der Waals surface area contributed by atoms with Gasteiger partial charge in [-0.3, -0.25) is 4.79 Å². The molecular weight excluding hydrogens is 288 g/mol. The molecule has 1 saturated carbocycles. The largest absolute Gasteiger partial charge is 0.389 e. The highest BCUT2D eigenvalue weighted by Crippen LogP contribution is 2.26. The molecule has 0 aliphatic heterocycles. The second-order valence-corrected chi connectivity index (χ2v) is 6.18. The highest BCUT2D eigenvalue weighted by Gasteiger charge is 2.27. The number of amides is 1. The predicted molar refractivity (Wildman–Crippen MR) is 85.6 cm³/mol. The molecule has 0 atom stereocenters. The van der Waals surface area contributed by atoms with Crippen molar-refractivity contribution in [3.05, 3.63) is 29.3 Å².